The summed E-state index contributed by atoms with van der Waals surface area (Å²) in [6.45, 7) is 7.83. The summed E-state index contributed by atoms with van der Waals surface area (Å²) in [5.74, 6) is -0.729. The Labute approximate surface area is 212 Å². The zero-order valence-corrected chi connectivity index (χ0v) is 21.6. The highest BCUT2D eigenvalue weighted by atomic mass is 19.1. The van der Waals surface area contributed by atoms with E-state index in [0.717, 1.165) is 6.42 Å². The summed E-state index contributed by atoms with van der Waals surface area (Å²) >= 11 is 0. The van der Waals surface area contributed by atoms with Crippen molar-refractivity contribution in [3.8, 4) is 11.5 Å². The van der Waals surface area contributed by atoms with Gasteiger partial charge in [0.25, 0.3) is 11.7 Å². The van der Waals surface area contributed by atoms with Crippen molar-refractivity contribution in [3.63, 3.8) is 0 Å². The molecule has 8 heteroatoms. The number of ether oxygens (including phenoxy) is 2. The van der Waals surface area contributed by atoms with Gasteiger partial charge in [0, 0.05) is 18.7 Å². The van der Waals surface area contributed by atoms with Crippen LogP contribution in [0.3, 0.4) is 0 Å². The fourth-order valence-electron chi connectivity index (χ4n) is 4.02. The smallest absolute Gasteiger partial charge is 0.295 e. The van der Waals surface area contributed by atoms with Crippen molar-refractivity contribution < 1.29 is 28.6 Å². The van der Waals surface area contributed by atoms with Gasteiger partial charge < -0.3 is 24.4 Å². The maximum Gasteiger partial charge on any atom is 0.295 e. The first-order chi connectivity index (χ1) is 17.1. The van der Waals surface area contributed by atoms with Gasteiger partial charge in [0.15, 0.2) is 11.5 Å². The molecule has 194 valence electrons. The summed E-state index contributed by atoms with van der Waals surface area (Å²) in [6.07, 6.45) is 0.885. The molecule has 1 amide bonds. The molecule has 1 unspecified atom stereocenters. The van der Waals surface area contributed by atoms with Gasteiger partial charge in [-0.3, -0.25) is 9.59 Å². The minimum atomic E-state index is -0.834. The molecule has 1 aliphatic heterocycles. The third-order valence-corrected chi connectivity index (χ3v) is 5.98. The van der Waals surface area contributed by atoms with Gasteiger partial charge in [-0.1, -0.05) is 19.9 Å². The Bertz CT molecular complexity index is 1110. The molecule has 0 aromatic heterocycles. The number of carbonyl (C=O) groups excluding carboxylic acids is 2. The summed E-state index contributed by atoms with van der Waals surface area (Å²) in [7, 11) is 3.75. The number of ketones is 1. The number of likely N-dealkylation sites (N-methyl/N-ethyl adjacent to an activating group) is 1. The van der Waals surface area contributed by atoms with Gasteiger partial charge in [-0.15, -0.1) is 0 Å². The number of likely N-dealkylation sites (tertiary alicyclic amines) is 1. The lowest BCUT2D eigenvalue weighted by atomic mass is 9.95. The quantitative estimate of drug-likeness (QED) is 0.276. The van der Waals surface area contributed by atoms with Crippen LogP contribution in [0.15, 0.2) is 48.0 Å². The zero-order chi connectivity index (χ0) is 26.4. The van der Waals surface area contributed by atoms with Crippen molar-refractivity contribution in [2.24, 2.45) is 5.92 Å². The molecule has 0 spiro atoms. The average molecular weight is 499 g/mol. The number of nitrogens with zero attached hydrogens (tertiary/aromatic N) is 2. The van der Waals surface area contributed by atoms with Crippen LogP contribution < -0.4 is 9.47 Å². The van der Waals surface area contributed by atoms with E-state index in [1.807, 2.05) is 25.9 Å². The van der Waals surface area contributed by atoms with E-state index in [9.17, 15) is 19.1 Å². The van der Waals surface area contributed by atoms with Crippen LogP contribution in [0.5, 0.6) is 11.5 Å². The number of benzene rings is 2. The van der Waals surface area contributed by atoms with E-state index in [-0.39, 0.29) is 23.4 Å². The Hall–Kier alpha value is -3.39. The summed E-state index contributed by atoms with van der Waals surface area (Å²) in [5, 5.41) is 11.1. The molecule has 3 rings (SSSR count). The van der Waals surface area contributed by atoms with E-state index in [1.54, 1.807) is 18.2 Å². The van der Waals surface area contributed by atoms with Gasteiger partial charge in [-0.2, -0.15) is 0 Å². The number of aliphatic hydroxyl groups excluding tert-OH is 1. The van der Waals surface area contributed by atoms with Crippen LogP contribution in [0.2, 0.25) is 0 Å². The molecule has 1 heterocycles. The van der Waals surface area contributed by atoms with E-state index in [1.165, 1.54) is 29.2 Å². The lowest BCUT2D eigenvalue weighted by Gasteiger charge is -2.27. The minimum absolute atomic E-state index is 0.0405. The van der Waals surface area contributed by atoms with Crippen molar-refractivity contribution in [1.29, 1.82) is 0 Å². The van der Waals surface area contributed by atoms with Gasteiger partial charge in [0.1, 0.15) is 11.6 Å². The second kappa shape index (κ2) is 12.0. The molecule has 0 bridgehead atoms. The van der Waals surface area contributed by atoms with Gasteiger partial charge in [-0.05, 0) is 75.3 Å². The molecule has 7 nitrogen and oxygen atoms in total. The zero-order valence-electron chi connectivity index (χ0n) is 21.6. The first kappa shape index (κ1) is 27.2. The fraction of sp³-hybridized carbons (Fsp3) is 0.429. The Morgan fingerprint density at radius 2 is 1.78 bits per heavy atom. The van der Waals surface area contributed by atoms with Crippen molar-refractivity contribution in [3.05, 3.63) is 65.0 Å². The number of carbonyl (C=O) groups is 2. The molecular formula is C28H35FN2O5. The molecule has 1 saturated heterocycles. The lowest BCUT2D eigenvalue weighted by Crippen LogP contribution is -2.35. The Morgan fingerprint density at radius 1 is 1.08 bits per heavy atom. The van der Waals surface area contributed by atoms with Crippen molar-refractivity contribution in [2.75, 3.05) is 40.4 Å². The number of halogens is 1. The van der Waals surface area contributed by atoms with Gasteiger partial charge in [-0.25, -0.2) is 4.39 Å². The van der Waals surface area contributed by atoms with E-state index in [2.05, 4.69) is 13.8 Å². The predicted molar refractivity (Wildman–Crippen MR) is 137 cm³/mol. The van der Waals surface area contributed by atoms with Crippen molar-refractivity contribution in [1.82, 2.24) is 9.80 Å². The third kappa shape index (κ3) is 6.23. The number of Topliss-reactive ketones (excluding diaryl/α,β-unsaturated/α-hetero) is 1. The van der Waals surface area contributed by atoms with Crippen LogP contribution in [0.1, 0.15) is 44.4 Å². The van der Waals surface area contributed by atoms with E-state index in [4.69, 9.17) is 9.47 Å². The first-order valence-electron chi connectivity index (χ1n) is 12.2. The van der Waals surface area contributed by atoms with E-state index >= 15 is 0 Å². The van der Waals surface area contributed by atoms with E-state index < -0.39 is 23.5 Å². The van der Waals surface area contributed by atoms with Crippen molar-refractivity contribution in [2.45, 2.75) is 33.2 Å². The SMILES string of the molecule is CCOc1cc(C2/C(=C(\O)c3ccc(F)cc3)C(=O)C(=O)N2CCN(C)C)ccc1OCCC(C)C. The van der Waals surface area contributed by atoms with Crippen LogP contribution in [-0.2, 0) is 9.59 Å². The molecule has 1 fully saturated rings. The minimum Gasteiger partial charge on any atom is -0.507 e. The predicted octanol–water partition coefficient (Wildman–Crippen LogP) is 4.63. The highest BCUT2D eigenvalue weighted by Crippen LogP contribution is 2.42. The Kier molecular flexibility index (Phi) is 9.09. The van der Waals surface area contributed by atoms with Crippen molar-refractivity contribution >= 4 is 17.4 Å². The van der Waals surface area contributed by atoms with Gasteiger partial charge in [0.05, 0.1) is 24.8 Å². The number of hydrogen-bond acceptors (Lipinski definition) is 6. The molecule has 2 aromatic rings. The summed E-state index contributed by atoms with van der Waals surface area (Å²) in [5.41, 5.74) is 0.822. The van der Waals surface area contributed by atoms with Gasteiger partial charge in [0.2, 0.25) is 0 Å². The van der Waals surface area contributed by atoms with Crippen LogP contribution in [-0.4, -0.2) is 67.0 Å². The summed E-state index contributed by atoms with van der Waals surface area (Å²) in [4.78, 5) is 29.6. The molecule has 0 aliphatic carbocycles. The number of amides is 1. The fourth-order valence-corrected chi connectivity index (χ4v) is 4.02. The topological polar surface area (TPSA) is 79.3 Å². The highest BCUT2D eigenvalue weighted by molar-refractivity contribution is 6.46. The maximum atomic E-state index is 13.5. The lowest BCUT2D eigenvalue weighted by molar-refractivity contribution is -0.140. The standard InChI is InChI=1S/C28H35FN2O5/c1-6-35-23-17-20(9-12-22(23)36-16-13-18(2)3)25-24(26(32)19-7-10-21(29)11-8-19)27(33)28(34)31(25)15-14-30(4)5/h7-12,17-18,25,32H,6,13-16H2,1-5H3/b26-24+. The average Bonchev–Trinajstić information content (AvgIpc) is 3.08. The van der Waals surface area contributed by atoms with Crippen LogP contribution in [0.25, 0.3) is 5.76 Å². The third-order valence-electron chi connectivity index (χ3n) is 5.98. The largest absolute Gasteiger partial charge is 0.507 e. The maximum absolute atomic E-state index is 13.5. The second-order valence-electron chi connectivity index (χ2n) is 9.47. The first-order valence-corrected chi connectivity index (χ1v) is 12.2. The molecule has 1 aliphatic rings. The number of rotatable bonds is 11. The Balaban J connectivity index is 2.10. The molecule has 0 saturated carbocycles. The Morgan fingerprint density at radius 3 is 2.39 bits per heavy atom. The van der Waals surface area contributed by atoms with E-state index in [0.29, 0.717) is 42.7 Å². The molecule has 1 atom stereocenters. The molecule has 1 N–H and O–H groups in total. The molecular weight excluding hydrogens is 463 g/mol. The number of aliphatic hydroxyl groups is 1. The van der Waals surface area contributed by atoms with Gasteiger partial charge >= 0.3 is 0 Å². The number of hydrogen-bond donors (Lipinski definition) is 1. The normalized spacial score (nSPS) is 17.3. The molecule has 36 heavy (non-hydrogen) atoms. The molecule has 2 aromatic carbocycles. The molecule has 0 radical (unpaired) electrons. The monoisotopic (exact) mass is 498 g/mol. The van der Waals surface area contributed by atoms with Crippen LogP contribution in [0, 0.1) is 11.7 Å². The van der Waals surface area contributed by atoms with Crippen LogP contribution >= 0.6 is 0 Å². The van der Waals surface area contributed by atoms with Crippen LogP contribution in [0.4, 0.5) is 4.39 Å². The second-order valence-corrected chi connectivity index (χ2v) is 9.47. The highest BCUT2D eigenvalue weighted by Gasteiger charge is 2.46. The summed E-state index contributed by atoms with van der Waals surface area (Å²) in [6, 6.07) is 9.63. The summed E-state index contributed by atoms with van der Waals surface area (Å²) < 4.78 is 25.3.